The second-order valence-electron chi connectivity index (χ2n) is 6.00. The Morgan fingerprint density at radius 3 is 2.71 bits per heavy atom. The van der Waals surface area contributed by atoms with Crippen molar-refractivity contribution < 1.29 is 9.59 Å². The van der Waals surface area contributed by atoms with Crippen molar-refractivity contribution in [3.63, 3.8) is 0 Å². The van der Waals surface area contributed by atoms with Crippen LogP contribution < -0.4 is 0 Å². The van der Waals surface area contributed by atoms with E-state index in [-0.39, 0.29) is 6.04 Å². The van der Waals surface area contributed by atoms with Gasteiger partial charge in [0.15, 0.2) is 0 Å². The molecule has 0 N–H and O–H groups in total. The van der Waals surface area contributed by atoms with Gasteiger partial charge in [0.2, 0.25) is 5.91 Å². The van der Waals surface area contributed by atoms with Gasteiger partial charge in [-0.05, 0) is 45.4 Å². The van der Waals surface area contributed by atoms with Gasteiger partial charge in [-0.1, -0.05) is 31.4 Å². The zero-order chi connectivity index (χ0) is 15.3. The number of allylic oxidation sites excluding steroid dienone is 2. The van der Waals surface area contributed by atoms with Gasteiger partial charge in [-0.3, -0.25) is 4.79 Å². The van der Waals surface area contributed by atoms with Crippen LogP contribution in [-0.4, -0.2) is 29.7 Å². The summed E-state index contributed by atoms with van der Waals surface area (Å²) in [6.07, 6.45) is 16.5. The molecule has 120 valence electrons. The third kappa shape index (κ3) is 7.45. The largest absolute Gasteiger partial charge is 0.340 e. The normalized spacial score (nSPS) is 18.0. The summed E-state index contributed by atoms with van der Waals surface area (Å²) in [5.74, 6) is 0.303. The molecule has 3 heteroatoms. The summed E-state index contributed by atoms with van der Waals surface area (Å²) in [4.78, 5) is 25.0. The van der Waals surface area contributed by atoms with Gasteiger partial charge in [-0.25, -0.2) is 0 Å². The first kappa shape index (κ1) is 17.9. The number of unbranched alkanes of at least 4 members (excludes halogenated alkanes) is 3. The number of hydrogen-bond acceptors (Lipinski definition) is 2. The molecule has 0 aromatic heterocycles. The first-order chi connectivity index (χ1) is 10.3. The average Bonchev–Trinajstić information content (AvgIpc) is 2.70. The van der Waals surface area contributed by atoms with Crippen LogP contribution in [0.5, 0.6) is 0 Å². The number of amides is 1. The summed E-state index contributed by atoms with van der Waals surface area (Å²) >= 11 is 0. The molecule has 0 aliphatic carbocycles. The fraction of sp³-hybridized carbons (Fsp3) is 0.778. The minimum Gasteiger partial charge on any atom is -0.340 e. The second-order valence-corrected chi connectivity index (χ2v) is 6.00. The molecule has 0 bridgehead atoms. The van der Waals surface area contributed by atoms with E-state index in [1.54, 1.807) is 0 Å². The van der Waals surface area contributed by atoms with Crippen LogP contribution in [0.1, 0.15) is 77.6 Å². The van der Waals surface area contributed by atoms with Gasteiger partial charge in [0, 0.05) is 25.4 Å². The van der Waals surface area contributed by atoms with Crippen molar-refractivity contribution in [2.24, 2.45) is 0 Å². The molecule has 0 spiro atoms. The Morgan fingerprint density at radius 1 is 1.10 bits per heavy atom. The van der Waals surface area contributed by atoms with Gasteiger partial charge in [-0.2, -0.15) is 0 Å². The molecule has 21 heavy (non-hydrogen) atoms. The predicted octanol–water partition coefficient (Wildman–Crippen LogP) is 4.26. The van der Waals surface area contributed by atoms with Crippen LogP contribution in [-0.2, 0) is 9.59 Å². The molecule has 0 aromatic carbocycles. The zero-order valence-corrected chi connectivity index (χ0v) is 13.6. The van der Waals surface area contributed by atoms with E-state index in [1.807, 2.05) is 0 Å². The molecule has 1 saturated heterocycles. The SMILES string of the molecule is CC=CCCCCCC(CCC=O)N1CCCCCC1=O. The zero-order valence-electron chi connectivity index (χ0n) is 13.6. The summed E-state index contributed by atoms with van der Waals surface area (Å²) in [7, 11) is 0. The molecular weight excluding hydrogens is 262 g/mol. The van der Waals surface area contributed by atoms with Crippen molar-refractivity contribution in [3.05, 3.63) is 12.2 Å². The standard InChI is InChI=1S/C18H31NO2/c1-2-3-4-5-6-8-12-17(13-11-16-20)19-15-10-7-9-14-18(19)21/h2-3,16-17H,4-15H2,1H3. The van der Waals surface area contributed by atoms with E-state index in [9.17, 15) is 9.59 Å². The quantitative estimate of drug-likeness (QED) is 0.343. The lowest BCUT2D eigenvalue weighted by molar-refractivity contribution is -0.133. The maximum absolute atomic E-state index is 12.2. The van der Waals surface area contributed by atoms with Crippen LogP contribution in [0, 0.1) is 0 Å². The van der Waals surface area contributed by atoms with E-state index < -0.39 is 0 Å². The maximum Gasteiger partial charge on any atom is 0.222 e. The number of carbonyl (C=O) groups is 2. The molecule has 0 radical (unpaired) electrons. The van der Waals surface area contributed by atoms with Gasteiger partial charge >= 0.3 is 0 Å². The Morgan fingerprint density at radius 2 is 1.95 bits per heavy atom. The lowest BCUT2D eigenvalue weighted by atomic mass is 10.0. The van der Waals surface area contributed by atoms with Crippen molar-refractivity contribution in [3.8, 4) is 0 Å². The van der Waals surface area contributed by atoms with E-state index in [4.69, 9.17) is 0 Å². The highest BCUT2D eigenvalue weighted by Gasteiger charge is 2.24. The van der Waals surface area contributed by atoms with E-state index >= 15 is 0 Å². The Hall–Kier alpha value is -1.12. The minimum absolute atomic E-state index is 0.280. The first-order valence-corrected chi connectivity index (χ1v) is 8.64. The van der Waals surface area contributed by atoms with E-state index in [1.165, 1.54) is 12.8 Å². The predicted molar refractivity (Wildman–Crippen MR) is 87.2 cm³/mol. The van der Waals surface area contributed by atoms with Crippen LogP contribution in [0.15, 0.2) is 12.2 Å². The van der Waals surface area contributed by atoms with Gasteiger partial charge < -0.3 is 9.69 Å². The Balaban J connectivity index is 2.41. The van der Waals surface area contributed by atoms with Gasteiger partial charge in [0.25, 0.3) is 0 Å². The highest BCUT2D eigenvalue weighted by Crippen LogP contribution is 2.21. The molecule has 0 aromatic rings. The molecule has 1 fully saturated rings. The summed E-state index contributed by atoms with van der Waals surface area (Å²) in [5.41, 5.74) is 0. The lowest BCUT2D eigenvalue weighted by Crippen LogP contribution is -2.40. The molecule has 1 unspecified atom stereocenters. The molecule has 3 nitrogen and oxygen atoms in total. The van der Waals surface area contributed by atoms with Crippen LogP contribution in [0.25, 0.3) is 0 Å². The van der Waals surface area contributed by atoms with Crippen LogP contribution in [0.3, 0.4) is 0 Å². The van der Waals surface area contributed by atoms with E-state index in [0.717, 1.165) is 57.8 Å². The van der Waals surface area contributed by atoms with E-state index in [2.05, 4.69) is 24.0 Å². The molecule has 1 aliphatic heterocycles. The second kappa shape index (κ2) is 11.5. The first-order valence-electron chi connectivity index (χ1n) is 8.64. The van der Waals surface area contributed by atoms with Crippen molar-refractivity contribution in [2.75, 3.05) is 6.54 Å². The number of aldehydes is 1. The maximum atomic E-state index is 12.2. The number of carbonyl (C=O) groups excluding carboxylic acids is 2. The smallest absolute Gasteiger partial charge is 0.222 e. The molecule has 0 saturated carbocycles. The summed E-state index contributed by atoms with van der Waals surface area (Å²) in [6.45, 7) is 2.95. The monoisotopic (exact) mass is 293 g/mol. The van der Waals surface area contributed by atoms with Crippen molar-refractivity contribution in [2.45, 2.75) is 83.6 Å². The van der Waals surface area contributed by atoms with Gasteiger partial charge in [0.1, 0.15) is 6.29 Å². The van der Waals surface area contributed by atoms with Crippen molar-refractivity contribution in [1.29, 1.82) is 0 Å². The molecular formula is C18H31NO2. The molecule has 1 atom stereocenters. The van der Waals surface area contributed by atoms with Crippen molar-refractivity contribution >= 4 is 12.2 Å². The average molecular weight is 293 g/mol. The molecule has 1 rings (SSSR count). The topological polar surface area (TPSA) is 37.4 Å². The number of hydrogen-bond donors (Lipinski definition) is 0. The highest BCUT2D eigenvalue weighted by atomic mass is 16.2. The van der Waals surface area contributed by atoms with Crippen LogP contribution >= 0.6 is 0 Å². The third-order valence-corrected chi connectivity index (χ3v) is 4.31. The van der Waals surface area contributed by atoms with Crippen LogP contribution in [0.4, 0.5) is 0 Å². The number of rotatable bonds is 10. The fourth-order valence-electron chi connectivity index (χ4n) is 3.09. The molecule has 1 heterocycles. The Kier molecular flexibility index (Phi) is 9.84. The number of nitrogens with zero attached hydrogens (tertiary/aromatic N) is 1. The lowest BCUT2D eigenvalue weighted by Gasteiger charge is -2.31. The summed E-state index contributed by atoms with van der Waals surface area (Å²) < 4.78 is 0. The highest BCUT2D eigenvalue weighted by molar-refractivity contribution is 5.76. The van der Waals surface area contributed by atoms with E-state index in [0.29, 0.717) is 18.7 Å². The van der Waals surface area contributed by atoms with Crippen LogP contribution in [0.2, 0.25) is 0 Å². The Labute approximate surface area is 129 Å². The summed E-state index contributed by atoms with van der Waals surface area (Å²) in [5, 5.41) is 0. The fourth-order valence-corrected chi connectivity index (χ4v) is 3.09. The third-order valence-electron chi connectivity index (χ3n) is 4.31. The molecule has 1 amide bonds. The number of likely N-dealkylation sites (tertiary alicyclic amines) is 1. The minimum atomic E-state index is 0.280. The summed E-state index contributed by atoms with van der Waals surface area (Å²) in [6, 6.07) is 0.280. The Bertz CT molecular complexity index is 325. The van der Waals surface area contributed by atoms with Gasteiger partial charge in [-0.15, -0.1) is 0 Å². The van der Waals surface area contributed by atoms with Crippen molar-refractivity contribution in [1.82, 2.24) is 4.90 Å². The van der Waals surface area contributed by atoms with Gasteiger partial charge in [0.05, 0.1) is 0 Å². The molecule has 1 aliphatic rings.